The predicted molar refractivity (Wildman–Crippen MR) is 134 cm³/mol. The molecule has 36 heavy (non-hydrogen) atoms. The molecule has 0 saturated heterocycles. The number of carbonyl (C=O) groups is 1. The molecule has 2 N–H and O–H groups in total. The third kappa shape index (κ3) is 5.42. The molecule has 0 amide bonds. The van der Waals surface area contributed by atoms with E-state index in [-0.39, 0.29) is 18.4 Å². The van der Waals surface area contributed by atoms with E-state index >= 15 is 0 Å². The summed E-state index contributed by atoms with van der Waals surface area (Å²) in [7, 11) is 0. The molecule has 0 radical (unpaired) electrons. The van der Waals surface area contributed by atoms with E-state index in [0.717, 1.165) is 53.7 Å². The molecule has 0 bridgehead atoms. The first-order chi connectivity index (χ1) is 17.3. The van der Waals surface area contributed by atoms with Gasteiger partial charge in [-0.25, -0.2) is 14.5 Å². The molecule has 0 aromatic carbocycles. The molecule has 10 heteroatoms. The van der Waals surface area contributed by atoms with Crippen molar-refractivity contribution in [3.8, 4) is 17.0 Å². The average molecular weight is 488 g/mol. The van der Waals surface area contributed by atoms with Gasteiger partial charge in [-0.2, -0.15) is 10.2 Å². The first kappa shape index (κ1) is 23.7. The molecule has 0 atom stereocenters. The molecule has 0 spiro atoms. The van der Waals surface area contributed by atoms with Gasteiger partial charge in [-0.15, -0.1) is 5.10 Å². The van der Waals surface area contributed by atoms with Crippen molar-refractivity contribution in [3.05, 3.63) is 53.7 Å². The maximum atomic E-state index is 11.0. The Balaban J connectivity index is 1.37. The van der Waals surface area contributed by atoms with Gasteiger partial charge in [0.05, 0.1) is 11.2 Å². The molecule has 1 saturated carbocycles. The number of ether oxygens (including phenoxy) is 1. The van der Waals surface area contributed by atoms with Crippen LogP contribution in [0.5, 0.6) is 5.88 Å². The molecule has 10 nitrogen and oxygen atoms in total. The Labute approximate surface area is 208 Å². The zero-order valence-corrected chi connectivity index (χ0v) is 20.6. The second-order valence-corrected chi connectivity index (χ2v) is 9.44. The number of rotatable bonds is 7. The number of pyridine rings is 1. The fourth-order valence-corrected chi connectivity index (χ4v) is 4.77. The first-order valence-electron chi connectivity index (χ1n) is 12.1. The van der Waals surface area contributed by atoms with Crippen LogP contribution in [0.2, 0.25) is 0 Å². The van der Waals surface area contributed by atoms with Gasteiger partial charge in [0.15, 0.2) is 5.82 Å². The van der Waals surface area contributed by atoms with Crippen LogP contribution in [0.1, 0.15) is 49.3 Å². The first-order valence-corrected chi connectivity index (χ1v) is 12.1. The number of fused-ring (bicyclic) bond motifs is 1. The highest BCUT2D eigenvalue weighted by Crippen LogP contribution is 2.34. The molecule has 1 fully saturated rings. The average Bonchev–Trinajstić information content (AvgIpc) is 3.22. The molecule has 1 aliphatic carbocycles. The van der Waals surface area contributed by atoms with Crippen molar-refractivity contribution in [2.24, 2.45) is 5.92 Å². The minimum atomic E-state index is -0.734. The molecule has 0 aliphatic heterocycles. The lowest BCUT2D eigenvalue weighted by atomic mass is 9.85. The van der Waals surface area contributed by atoms with Gasteiger partial charge >= 0.3 is 5.97 Å². The van der Waals surface area contributed by atoms with Crippen molar-refractivity contribution in [2.45, 2.75) is 59.0 Å². The maximum Gasteiger partial charge on any atom is 0.303 e. The number of hydrogen-bond acceptors (Lipinski definition) is 8. The summed E-state index contributed by atoms with van der Waals surface area (Å²) in [6.45, 7) is 5.70. The van der Waals surface area contributed by atoms with Crippen LogP contribution in [0.15, 0.2) is 36.5 Å². The summed E-state index contributed by atoms with van der Waals surface area (Å²) in [4.78, 5) is 19.8. The van der Waals surface area contributed by atoms with E-state index in [9.17, 15) is 4.79 Å². The van der Waals surface area contributed by atoms with Crippen LogP contribution < -0.4 is 10.1 Å². The van der Waals surface area contributed by atoms with Crippen molar-refractivity contribution in [2.75, 3.05) is 5.32 Å². The number of aryl methyl sites for hydroxylation is 3. The van der Waals surface area contributed by atoms with Gasteiger partial charge in [-0.1, -0.05) is 0 Å². The number of aliphatic carboxylic acids is 1. The molecule has 5 rings (SSSR count). The zero-order valence-electron chi connectivity index (χ0n) is 20.6. The van der Waals surface area contributed by atoms with Crippen LogP contribution >= 0.6 is 0 Å². The molecule has 186 valence electrons. The summed E-state index contributed by atoms with van der Waals surface area (Å²) in [6, 6.07) is 9.85. The van der Waals surface area contributed by atoms with Gasteiger partial charge < -0.3 is 15.2 Å². The second-order valence-electron chi connectivity index (χ2n) is 9.44. The Bertz CT molecular complexity index is 1390. The van der Waals surface area contributed by atoms with E-state index in [0.29, 0.717) is 23.3 Å². The second kappa shape index (κ2) is 9.88. The van der Waals surface area contributed by atoms with E-state index in [2.05, 4.69) is 30.6 Å². The lowest BCUT2D eigenvalue weighted by molar-refractivity contribution is -0.138. The van der Waals surface area contributed by atoms with Gasteiger partial charge in [0.2, 0.25) is 5.88 Å². The zero-order chi connectivity index (χ0) is 25.2. The number of nitrogens with one attached hydrogen (secondary N) is 1. The van der Waals surface area contributed by atoms with Crippen LogP contribution in [0.4, 0.5) is 11.6 Å². The summed E-state index contributed by atoms with van der Waals surface area (Å²) in [6.07, 6.45) is 5.43. The number of carboxylic acid groups (broad SMARTS) is 1. The Kier molecular flexibility index (Phi) is 6.49. The summed E-state index contributed by atoms with van der Waals surface area (Å²) >= 11 is 0. The van der Waals surface area contributed by atoms with Crippen molar-refractivity contribution in [1.29, 1.82) is 0 Å². The van der Waals surface area contributed by atoms with Crippen LogP contribution in [-0.2, 0) is 4.79 Å². The van der Waals surface area contributed by atoms with Crippen molar-refractivity contribution in [3.63, 3.8) is 0 Å². The molecular weight excluding hydrogens is 458 g/mol. The van der Waals surface area contributed by atoms with Gasteiger partial charge in [0.25, 0.3) is 0 Å². The van der Waals surface area contributed by atoms with Crippen LogP contribution in [0.3, 0.4) is 0 Å². The van der Waals surface area contributed by atoms with E-state index in [1.54, 1.807) is 4.52 Å². The normalized spacial score (nSPS) is 17.8. The van der Waals surface area contributed by atoms with E-state index in [1.165, 1.54) is 0 Å². The molecule has 1 aliphatic rings. The number of aromatic nitrogens is 6. The smallest absolute Gasteiger partial charge is 0.303 e. The maximum absolute atomic E-state index is 11.0. The van der Waals surface area contributed by atoms with E-state index in [1.807, 2.05) is 57.3 Å². The Morgan fingerprint density at radius 2 is 1.83 bits per heavy atom. The summed E-state index contributed by atoms with van der Waals surface area (Å²) in [5, 5.41) is 25.5. The summed E-state index contributed by atoms with van der Waals surface area (Å²) in [5.41, 5.74) is 4.42. The standard InChI is InChI=1S/C26H29N7O3/c1-15-11-23(28-17(3)27-15)29-24-14-20-13-19(8-9-33(20)32-24)22-10-16(2)30-31-26(22)36-21-6-4-18(5-7-21)12-25(34)35/h8-11,13-14,18,21H,4-7,12H2,1-3H3,(H,34,35)(H,27,28,29,32). The number of hydrogen-bond donors (Lipinski definition) is 2. The monoisotopic (exact) mass is 487 g/mol. The Hall–Kier alpha value is -4.08. The highest BCUT2D eigenvalue weighted by Gasteiger charge is 2.25. The lowest BCUT2D eigenvalue weighted by Gasteiger charge is -2.28. The largest absolute Gasteiger partial charge is 0.481 e. The number of carboxylic acids is 1. The van der Waals surface area contributed by atoms with Crippen LogP contribution in [0.25, 0.3) is 16.6 Å². The minimum Gasteiger partial charge on any atom is -0.481 e. The third-order valence-electron chi connectivity index (χ3n) is 6.41. The molecule has 4 aromatic rings. The van der Waals surface area contributed by atoms with E-state index in [4.69, 9.17) is 9.84 Å². The van der Waals surface area contributed by atoms with Crippen LogP contribution in [0, 0.1) is 26.7 Å². The van der Waals surface area contributed by atoms with Crippen molar-refractivity contribution >= 4 is 23.1 Å². The van der Waals surface area contributed by atoms with Crippen LogP contribution in [-0.4, -0.2) is 47.0 Å². The Morgan fingerprint density at radius 3 is 2.58 bits per heavy atom. The molecule has 4 aromatic heterocycles. The molecular formula is C26H29N7O3. The van der Waals surface area contributed by atoms with Crippen molar-refractivity contribution < 1.29 is 14.6 Å². The highest BCUT2D eigenvalue weighted by atomic mass is 16.5. The highest BCUT2D eigenvalue weighted by molar-refractivity contribution is 5.74. The predicted octanol–water partition coefficient (Wildman–Crippen LogP) is 4.66. The summed E-state index contributed by atoms with van der Waals surface area (Å²) in [5.74, 6) is 2.06. The van der Waals surface area contributed by atoms with Gasteiger partial charge in [-0.05, 0) is 76.1 Å². The Morgan fingerprint density at radius 1 is 1.03 bits per heavy atom. The van der Waals surface area contributed by atoms with Crippen molar-refractivity contribution in [1.82, 2.24) is 29.8 Å². The fourth-order valence-electron chi connectivity index (χ4n) is 4.77. The van der Waals surface area contributed by atoms with Gasteiger partial charge in [0.1, 0.15) is 17.7 Å². The summed E-state index contributed by atoms with van der Waals surface area (Å²) < 4.78 is 8.10. The quantitative estimate of drug-likeness (QED) is 0.382. The lowest BCUT2D eigenvalue weighted by Crippen LogP contribution is -2.26. The number of nitrogens with zero attached hydrogens (tertiary/aromatic N) is 6. The molecule has 4 heterocycles. The fraction of sp³-hybridized carbons (Fsp3) is 0.385. The SMILES string of the molecule is Cc1cc(-c2ccn3nc(Nc4cc(C)nc(C)n4)cc3c2)c(OC2CCC(CC(=O)O)CC2)nn1. The third-order valence-corrected chi connectivity index (χ3v) is 6.41. The van der Waals surface area contributed by atoms with E-state index < -0.39 is 5.97 Å². The number of anilines is 2. The minimum absolute atomic E-state index is 0.0000716. The van der Waals surface area contributed by atoms with Gasteiger partial charge in [-0.3, -0.25) is 4.79 Å². The topological polar surface area (TPSA) is 127 Å². The molecule has 0 unspecified atom stereocenters. The van der Waals surface area contributed by atoms with Gasteiger partial charge in [0, 0.05) is 36.0 Å².